The first kappa shape index (κ1) is 39.0. The van der Waals surface area contributed by atoms with E-state index in [4.69, 9.17) is 16.3 Å². The van der Waals surface area contributed by atoms with Crippen molar-refractivity contribution in [2.75, 3.05) is 36.4 Å². The number of methoxy groups -OCH3 is 1. The van der Waals surface area contributed by atoms with E-state index in [9.17, 15) is 44.1 Å². The molecule has 4 aromatic rings. The second-order valence-electron chi connectivity index (χ2n) is 15.1. The van der Waals surface area contributed by atoms with Crippen LogP contribution in [0.1, 0.15) is 29.9 Å². The third-order valence-corrected chi connectivity index (χ3v) is 12.2. The van der Waals surface area contributed by atoms with E-state index in [1.54, 1.807) is 36.4 Å². The zero-order chi connectivity index (χ0) is 42.2. The normalized spacial score (nSPS) is 24.6. The van der Waals surface area contributed by atoms with Crippen LogP contribution in [0.2, 0.25) is 5.02 Å². The van der Waals surface area contributed by atoms with Gasteiger partial charge < -0.3 is 14.7 Å². The summed E-state index contributed by atoms with van der Waals surface area (Å²) >= 11 is 6.35. The minimum atomic E-state index is -1.75. The van der Waals surface area contributed by atoms with Crippen molar-refractivity contribution < 1.29 is 43.3 Å². The number of ether oxygens (including phenoxy) is 1. The summed E-state index contributed by atoms with van der Waals surface area (Å²) in [4.78, 5) is 84.2. The predicted molar refractivity (Wildman–Crippen MR) is 210 cm³/mol. The van der Waals surface area contributed by atoms with Gasteiger partial charge in [0.05, 0.1) is 51.5 Å². The molecule has 302 valence electrons. The van der Waals surface area contributed by atoms with Crippen LogP contribution in [-0.4, -0.2) is 64.8 Å². The molecule has 8 rings (SSSR count). The fourth-order valence-electron chi connectivity index (χ4n) is 9.65. The minimum absolute atomic E-state index is 0.0323. The van der Waals surface area contributed by atoms with Crippen molar-refractivity contribution in [2.45, 2.75) is 24.2 Å². The summed E-state index contributed by atoms with van der Waals surface area (Å²) in [6.45, 7) is 0. The number of anilines is 3. The summed E-state index contributed by atoms with van der Waals surface area (Å²) < 4.78 is 19.7. The fourth-order valence-corrected chi connectivity index (χ4v) is 9.77. The summed E-state index contributed by atoms with van der Waals surface area (Å²) in [5.74, 6) is -8.81. The number of halogens is 2. The molecule has 2 aliphatic carbocycles. The summed E-state index contributed by atoms with van der Waals surface area (Å²) in [6, 6.07) is 17.7. The van der Waals surface area contributed by atoms with Gasteiger partial charge in [-0.05, 0) is 66.8 Å². The Balaban J connectivity index is 1.32. The van der Waals surface area contributed by atoms with Crippen molar-refractivity contribution in [1.29, 1.82) is 0 Å². The Morgan fingerprint density at radius 1 is 0.898 bits per heavy atom. The molecule has 4 aliphatic rings. The number of allylic oxidation sites excluding steroid dienone is 2. The third-order valence-electron chi connectivity index (χ3n) is 11.9. The number of aromatic hydroxyl groups is 1. The maximum absolute atomic E-state index is 15.4. The second kappa shape index (κ2) is 14.2. The average molecular weight is 825 g/mol. The Hall–Kier alpha value is -6.88. The molecule has 3 fully saturated rings. The summed E-state index contributed by atoms with van der Waals surface area (Å²) in [7, 11) is 4.15. The molecule has 0 radical (unpaired) electrons. The van der Waals surface area contributed by atoms with Gasteiger partial charge in [-0.3, -0.25) is 44.8 Å². The van der Waals surface area contributed by atoms with Crippen LogP contribution in [0.25, 0.3) is 0 Å². The second-order valence-corrected chi connectivity index (χ2v) is 15.5. The van der Waals surface area contributed by atoms with Crippen LogP contribution < -0.4 is 20.0 Å². The van der Waals surface area contributed by atoms with Crippen LogP contribution in [0.15, 0.2) is 90.5 Å². The maximum atomic E-state index is 15.4. The number of hydrogen-bond acceptors (Lipinski definition) is 12. The van der Waals surface area contributed by atoms with Gasteiger partial charge in [-0.2, -0.15) is 5.01 Å². The van der Waals surface area contributed by atoms with E-state index in [-0.39, 0.29) is 41.4 Å². The highest BCUT2D eigenvalue weighted by Gasteiger charge is 2.70. The van der Waals surface area contributed by atoms with Gasteiger partial charge in [-0.25, -0.2) is 9.29 Å². The smallest absolute Gasteiger partial charge is 0.301 e. The molecule has 59 heavy (non-hydrogen) atoms. The van der Waals surface area contributed by atoms with Crippen molar-refractivity contribution in [3.05, 3.63) is 133 Å². The number of phenols is 1. The number of amides is 4. The van der Waals surface area contributed by atoms with Gasteiger partial charge in [0.1, 0.15) is 17.3 Å². The van der Waals surface area contributed by atoms with Gasteiger partial charge in [0, 0.05) is 48.8 Å². The van der Waals surface area contributed by atoms with Gasteiger partial charge in [0.2, 0.25) is 11.8 Å². The lowest BCUT2D eigenvalue weighted by atomic mass is 9.49. The van der Waals surface area contributed by atoms with E-state index < -0.39 is 85.7 Å². The number of carbonyl (C=O) groups excluding carboxylic acids is 4. The molecular weight excluding hydrogens is 791 g/mol. The zero-order valence-corrected chi connectivity index (χ0v) is 32.3. The van der Waals surface area contributed by atoms with Gasteiger partial charge >= 0.3 is 11.4 Å². The lowest BCUT2D eigenvalue weighted by Gasteiger charge is -2.50. The number of rotatable bonds is 9. The van der Waals surface area contributed by atoms with E-state index in [1.165, 1.54) is 50.4 Å². The molecule has 0 aromatic heterocycles. The Labute approximate surface area is 339 Å². The van der Waals surface area contributed by atoms with E-state index >= 15 is 4.79 Å². The number of nitro groups is 2. The van der Waals surface area contributed by atoms with Crippen LogP contribution in [0.4, 0.5) is 32.8 Å². The highest BCUT2D eigenvalue weighted by molar-refractivity contribution is 6.30. The van der Waals surface area contributed by atoms with Gasteiger partial charge in [-0.15, -0.1) is 0 Å². The number of fused-ring (bicyclic) bond motifs is 4. The first-order chi connectivity index (χ1) is 28.1. The molecule has 0 bridgehead atoms. The summed E-state index contributed by atoms with van der Waals surface area (Å²) in [6.07, 6.45) is 1.60. The molecule has 0 spiro atoms. The number of carbonyl (C=O) groups is 4. The molecule has 16 nitrogen and oxygen atoms in total. The largest absolute Gasteiger partial charge is 0.508 e. The predicted octanol–water partition coefficient (Wildman–Crippen LogP) is 6.27. The van der Waals surface area contributed by atoms with E-state index in [1.807, 2.05) is 0 Å². The quantitative estimate of drug-likeness (QED) is 0.0830. The van der Waals surface area contributed by atoms with Crippen molar-refractivity contribution in [3.63, 3.8) is 0 Å². The summed E-state index contributed by atoms with van der Waals surface area (Å²) in [5, 5.41) is 36.3. The highest BCUT2D eigenvalue weighted by Crippen LogP contribution is 2.65. The molecule has 2 heterocycles. The average Bonchev–Trinajstić information content (AvgIpc) is 3.58. The van der Waals surface area contributed by atoms with Crippen LogP contribution in [0, 0.1) is 49.7 Å². The number of hydrazine groups is 1. The van der Waals surface area contributed by atoms with Crippen molar-refractivity contribution in [3.8, 4) is 11.5 Å². The van der Waals surface area contributed by atoms with E-state index in [0.29, 0.717) is 21.7 Å². The maximum Gasteiger partial charge on any atom is 0.301 e. The first-order valence-corrected chi connectivity index (χ1v) is 18.7. The van der Waals surface area contributed by atoms with Crippen LogP contribution in [0.5, 0.6) is 11.5 Å². The molecule has 1 saturated carbocycles. The Bertz CT molecular complexity index is 2500. The lowest BCUT2D eigenvalue weighted by Crippen LogP contribution is -2.53. The molecule has 4 aromatic carbocycles. The number of nitrogens with one attached hydrogen (secondary N) is 1. The number of nitrogens with zero attached hydrogens (tertiary/aromatic N) is 5. The van der Waals surface area contributed by atoms with Crippen LogP contribution in [-0.2, 0) is 24.6 Å². The summed E-state index contributed by atoms with van der Waals surface area (Å²) in [5.41, 5.74) is 0.564. The highest BCUT2D eigenvalue weighted by atomic mass is 35.5. The fraction of sp³-hybridized carbons (Fsp3) is 0.268. The number of hydrogen-bond donors (Lipinski definition) is 2. The first-order valence-electron chi connectivity index (χ1n) is 18.4. The number of nitro benzene ring substituents is 2. The van der Waals surface area contributed by atoms with Crippen molar-refractivity contribution in [1.82, 2.24) is 5.01 Å². The monoisotopic (exact) mass is 824 g/mol. The molecule has 6 unspecified atom stereocenters. The van der Waals surface area contributed by atoms with E-state index in [2.05, 4.69) is 5.43 Å². The lowest BCUT2D eigenvalue weighted by molar-refractivity contribution is -0.392. The Morgan fingerprint density at radius 3 is 2.14 bits per heavy atom. The van der Waals surface area contributed by atoms with Crippen molar-refractivity contribution >= 4 is 63.7 Å². The molecule has 4 amide bonds. The Morgan fingerprint density at radius 2 is 1.54 bits per heavy atom. The van der Waals surface area contributed by atoms with Gasteiger partial charge in [-0.1, -0.05) is 41.4 Å². The van der Waals surface area contributed by atoms with Crippen LogP contribution in [0.3, 0.4) is 0 Å². The number of imide groups is 2. The minimum Gasteiger partial charge on any atom is -0.508 e. The topological polar surface area (TPSA) is 206 Å². The van der Waals surface area contributed by atoms with Crippen LogP contribution >= 0.6 is 11.6 Å². The molecular formula is C41H34ClFN6O10. The molecule has 2 aliphatic heterocycles. The molecule has 2 saturated heterocycles. The van der Waals surface area contributed by atoms with Gasteiger partial charge in [0.15, 0.2) is 5.69 Å². The Kier molecular flexibility index (Phi) is 9.37. The van der Waals surface area contributed by atoms with Crippen molar-refractivity contribution in [2.24, 2.45) is 23.7 Å². The van der Waals surface area contributed by atoms with E-state index in [0.717, 1.165) is 34.2 Å². The standard InChI is InChI=1S/C41H34ClFN6O10/c1-45(2)36-31(48(55)56)16-24(17-32(36)49(57)58)46-37(51)28-15-14-26-29(34(28)39(46)53)19-30-38(52)47(44-23-10-8-22(43)9-11-23)40(54)41(30,20-4-6-21(42)7-5-20)35(26)27-13-12-25(50)18-33(27)59-3/h4-14,16-18,28-30,34-35,44,50H,15,19H2,1-3H3. The number of phenolic OH excluding ortho intramolecular Hbond substituents is 1. The zero-order valence-electron chi connectivity index (χ0n) is 31.5. The number of benzene rings is 4. The third kappa shape index (κ3) is 5.86. The molecule has 2 N–H and O–H groups in total. The van der Waals surface area contributed by atoms with Gasteiger partial charge in [0.25, 0.3) is 11.8 Å². The molecule has 18 heteroatoms. The SMILES string of the molecule is COc1cc(O)ccc1C1C2=CCC3C(=O)N(c4cc([N+](=O)[O-])c(N(C)C)c([N+](=O)[O-])c4)C(=O)C3C2CC2C(=O)N(Nc3ccc(F)cc3)C(=O)C21c1ccc(Cl)cc1. The molecule has 6 atom stereocenters.